The van der Waals surface area contributed by atoms with Gasteiger partial charge >= 0.3 is 6.36 Å². The maximum atomic E-state index is 11.8. The van der Waals surface area contributed by atoms with Crippen LogP contribution in [0.25, 0.3) is 0 Å². The van der Waals surface area contributed by atoms with Gasteiger partial charge in [-0.2, -0.15) is 5.26 Å². The monoisotopic (exact) mass is 200 g/mol. The van der Waals surface area contributed by atoms with Crippen molar-refractivity contribution in [3.8, 4) is 11.8 Å². The van der Waals surface area contributed by atoms with Gasteiger partial charge in [-0.1, -0.05) is 0 Å². The summed E-state index contributed by atoms with van der Waals surface area (Å²) in [6.45, 7) is 0. The van der Waals surface area contributed by atoms with Crippen LogP contribution in [0.3, 0.4) is 0 Å². The summed E-state index contributed by atoms with van der Waals surface area (Å²) in [5.74, 6) is -0.356. The Bertz CT molecular complexity index is 354. The molecule has 0 bridgehead atoms. The quantitative estimate of drug-likeness (QED) is 0.734. The number of rotatable bonds is 2. The van der Waals surface area contributed by atoms with E-state index in [4.69, 9.17) is 5.26 Å². The van der Waals surface area contributed by atoms with Gasteiger partial charge < -0.3 is 4.74 Å². The van der Waals surface area contributed by atoms with Crippen LogP contribution < -0.4 is 4.74 Å². The molecule has 0 aromatic heterocycles. The largest absolute Gasteiger partial charge is 0.573 e. The third-order valence-electron chi connectivity index (χ3n) is 1.34. The molecule has 1 radical (unpaired) electrons. The molecule has 0 fully saturated rings. The first kappa shape index (κ1) is 10.4. The molecule has 0 aliphatic carbocycles. The molecule has 0 atom stereocenters. The van der Waals surface area contributed by atoms with E-state index in [0.29, 0.717) is 5.56 Å². The number of nitriles is 1. The molecule has 0 aliphatic heterocycles. The van der Waals surface area contributed by atoms with E-state index in [-0.39, 0.29) is 12.2 Å². The zero-order valence-electron chi connectivity index (χ0n) is 6.93. The summed E-state index contributed by atoms with van der Waals surface area (Å²) >= 11 is 0. The van der Waals surface area contributed by atoms with Gasteiger partial charge in [0.2, 0.25) is 0 Å². The summed E-state index contributed by atoms with van der Waals surface area (Å²) in [5.41, 5.74) is 0.439. The van der Waals surface area contributed by atoms with Crippen LogP contribution in [0.2, 0.25) is 0 Å². The molecule has 1 aromatic rings. The molecule has 14 heavy (non-hydrogen) atoms. The summed E-state index contributed by atoms with van der Waals surface area (Å²) in [6.07, 6.45) is -4.68. The molecular weight excluding hydrogens is 195 g/mol. The van der Waals surface area contributed by atoms with Gasteiger partial charge in [0.1, 0.15) is 5.75 Å². The van der Waals surface area contributed by atoms with Crippen molar-refractivity contribution < 1.29 is 17.9 Å². The van der Waals surface area contributed by atoms with E-state index in [9.17, 15) is 13.2 Å². The van der Waals surface area contributed by atoms with E-state index in [1.54, 1.807) is 0 Å². The Morgan fingerprint density at radius 1 is 1.43 bits per heavy atom. The Morgan fingerprint density at radius 2 is 2.14 bits per heavy atom. The highest BCUT2D eigenvalue weighted by Crippen LogP contribution is 2.23. The normalized spacial score (nSPS) is 10.7. The summed E-state index contributed by atoms with van der Waals surface area (Å²) in [7, 11) is 0. The van der Waals surface area contributed by atoms with Gasteiger partial charge in [-0.3, -0.25) is 0 Å². The maximum Gasteiger partial charge on any atom is 0.573 e. The Kier molecular flexibility index (Phi) is 2.97. The third-order valence-corrected chi connectivity index (χ3v) is 1.34. The highest BCUT2D eigenvalue weighted by molar-refractivity contribution is 5.29. The zero-order chi connectivity index (χ0) is 10.6. The van der Waals surface area contributed by atoms with Crippen LogP contribution in [-0.4, -0.2) is 6.36 Å². The SMILES string of the molecule is N#CCc1c[c]cc(OC(F)(F)F)c1. The molecule has 0 saturated heterocycles. The molecule has 0 unspecified atom stereocenters. The Labute approximate surface area is 78.5 Å². The average molecular weight is 200 g/mol. The first-order chi connectivity index (χ1) is 6.51. The highest BCUT2D eigenvalue weighted by atomic mass is 19.4. The van der Waals surface area contributed by atoms with Crippen molar-refractivity contribution in [2.75, 3.05) is 0 Å². The highest BCUT2D eigenvalue weighted by Gasteiger charge is 2.31. The van der Waals surface area contributed by atoms with E-state index >= 15 is 0 Å². The minimum atomic E-state index is -4.71. The molecule has 0 amide bonds. The lowest BCUT2D eigenvalue weighted by Gasteiger charge is -2.08. The van der Waals surface area contributed by atoms with E-state index < -0.39 is 6.36 Å². The van der Waals surface area contributed by atoms with Crippen molar-refractivity contribution in [2.45, 2.75) is 12.8 Å². The molecule has 0 N–H and O–H groups in total. The van der Waals surface area contributed by atoms with Crippen LogP contribution in [-0.2, 0) is 6.42 Å². The van der Waals surface area contributed by atoms with E-state index in [0.717, 1.165) is 12.1 Å². The van der Waals surface area contributed by atoms with Gasteiger partial charge in [0.15, 0.2) is 0 Å². The number of benzene rings is 1. The Morgan fingerprint density at radius 3 is 2.71 bits per heavy atom. The number of halogens is 3. The molecule has 1 aromatic carbocycles. The minimum Gasteiger partial charge on any atom is -0.406 e. The molecule has 5 heteroatoms. The van der Waals surface area contributed by atoms with Crippen LogP contribution in [0, 0.1) is 17.4 Å². The molecule has 0 aliphatic rings. The molecule has 1 rings (SSSR count). The number of hydrogen-bond donors (Lipinski definition) is 0. The van der Waals surface area contributed by atoms with Crippen LogP contribution >= 0.6 is 0 Å². The smallest absolute Gasteiger partial charge is 0.406 e. The van der Waals surface area contributed by atoms with Gasteiger partial charge in [0.05, 0.1) is 12.5 Å². The zero-order valence-corrected chi connectivity index (χ0v) is 6.93. The first-order valence-electron chi connectivity index (χ1n) is 3.64. The van der Waals surface area contributed by atoms with E-state index in [1.807, 2.05) is 6.07 Å². The fourth-order valence-corrected chi connectivity index (χ4v) is 0.883. The third kappa shape index (κ3) is 3.35. The summed E-state index contributed by atoms with van der Waals surface area (Å²) in [6, 6.07) is 7.94. The number of nitrogens with zero attached hydrogens (tertiary/aromatic N) is 1. The van der Waals surface area contributed by atoms with Crippen LogP contribution in [0.4, 0.5) is 13.2 Å². The minimum absolute atomic E-state index is 0.0333. The maximum absolute atomic E-state index is 11.8. The van der Waals surface area contributed by atoms with Gasteiger partial charge in [-0.15, -0.1) is 13.2 Å². The van der Waals surface area contributed by atoms with Crippen molar-refractivity contribution in [3.05, 3.63) is 29.8 Å². The van der Waals surface area contributed by atoms with Crippen LogP contribution in [0.15, 0.2) is 18.2 Å². The van der Waals surface area contributed by atoms with Gasteiger partial charge in [-0.05, 0) is 29.8 Å². The molecule has 73 valence electrons. The van der Waals surface area contributed by atoms with Crippen molar-refractivity contribution in [1.29, 1.82) is 5.26 Å². The fraction of sp³-hybridized carbons (Fsp3) is 0.222. The summed E-state index contributed by atoms with van der Waals surface area (Å²) in [5, 5.41) is 8.32. The topological polar surface area (TPSA) is 33.0 Å². The molecule has 0 spiro atoms. The molecule has 0 heterocycles. The molecule has 0 saturated carbocycles. The lowest BCUT2D eigenvalue weighted by Crippen LogP contribution is -2.17. The number of alkyl halides is 3. The predicted octanol–water partition coefficient (Wildman–Crippen LogP) is 2.45. The first-order valence-corrected chi connectivity index (χ1v) is 3.64. The second-order valence-corrected chi connectivity index (χ2v) is 2.46. The van der Waals surface area contributed by atoms with Crippen molar-refractivity contribution in [1.82, 2.24) is 0 Å². The van der Waals surface area contributed by atoms with Crippen LogP contribution in [0.5, 0.6) is 5.75 Å². The Hall–Kier alpha value is -1.70. The second-order valence-electron chi connectivity index (χ2n) is 2.46. The molecule has 2 nitrogen and oxygen atoms in total. The summed E-state index contributed by atoms with van der Waals surface area (Å²) in [4.78, 5) is 0. The fourth-order valence-electron chi connectivity index (χ4n) is 0.883. The van der Waals surface area contributed by atoms with Crippen LogP contribution in [0.1, 0.15) is 5.56 Å². The Balaban J connectivity index is 2.79. The average Bonchev–Trinajstić information content (AvgIpc) is 2.02. The van der Waals surface area contributed by atoms with Gasteiger partial charge in [-0.25, -0.2) is 0 Å². The van der Waals surface area contributed by atoms with Crippen molar-refractivity contribution in [2.24, 2.45) is 0 Å². The van der Waals surface area contributed by atoms with Gasteiger partial charge in [0.25, 0.3) is 0 Å². The van der Waals surface area contributed by atoms with Gasteiger partial charge in [0, 0.05) is 0 Å². The summed E-state index contributed by atoms with van der Waals surface area (Å²) < 4.78 is 38.9. The van der Waals surface area contributed by atoms with E-state index in [2.05, 4.69) is 10.8 Å². The van der Waals surface area contributed by atoms with E-state index in [1.165, 1.54) is 6.07 Å². The van der Waals surface area contributed by atoms with Crippen molar-refractivity contribution in [3.63, 3.8) is 0 Å². The standard InChI is InChI=1S/C9H5F3NO/c10-9(11,12)14-8-3-1-2-7(6-8)4-5-13/h2-3,6H,4H2. The lowest BCUT2D eigenvalue weighted by molar-refractivity contribution is -0.274. The second kappa shape index (κ2) is 4.01. The number of hydrogen-bond acceptors (Lipinski definition) is 2. The van der Waals surface area contributed by atoms with Crippen molar-refractivity contribution >= 4 is 0 Å². The predicted molar refractivity (Wildman–Crippen MR) is 41.3 cm³/mol. The molecular formula is C9H5F3NO. The number of ether oxygens (including phenoxy) is 1. The lowest BCUT2D eigenvalue weighted by atomic mass is 10.2.